The molecule has 0 amide bonds. The summed E-state index contributed by atoms with van der Waals surface area (Å²) in [5.41, 5.74) is -0.247. The van der Waals surface area contributed by atoms with E-state index in [1.165, 1.54) is 19.1 Å². The predicted molar refractivity (Wildman–Crippen MR) is 50.1 cm³/mol. The third-order valence-corrected chi connectivity index (χ3v) is 2.25. The highest BCUT2D eigenvalue weighted by molar-refractivity contribution is 6.32. The van der Waals surface area contributed by atoms with Crippen molar-refractivity contribution in [3.8, 4) is 0 Å². The van der Waals surface area contributed by atoms with Gasteiger partial charge in [-0.05, 0) is 24.6 Å². The molecule has 0 unspecified atom stereocenters. The Labute approximate surface area is 84.7 Å². The maximum Gasteiger partial charge on any atom is 0.336 e. The summed E-state index contributed by atoms with van der Waals surface area (Å²) in [5, 5.41) is 17.8. The fourth-order valence-corrected chi connectivity index (χ4v) is 1.30. The van der Waals surface area contributed by atoms with Crippen LogP contribution < -0.4 is 0 Å². The number of hydrogen-bond donors (Lipinski definition) is 2. The molecular formula is C9H7ClO4. The second-order valence-electron chi connectivity index (χ2n) is 2.71. The van der Waals surface area contributed by atoms with Crippen LogP contribution in [0.3, 0.4) is 0 Å². The summed E-state index contributed by atoms with van der Waals surface area (Å²) in [6.07, 6.45) is 0. The van der Waals surface area contributed by atoms with Crippen molar-refractivity contribution in [2.75, 3.05) is 0 Å². The van der Waals surface area contributed by atoms with Crippen LogP contribution in [0, 0.1) is 6.92 Å². The summed E-state index contributed by atoms with van der Waals surface area (Å²) >= 11 is 5.68. The number of carbonyl (C=O) groups is 2. The van der Waals surface area contributed by atoms with Crippen molar-refractivity contribution in [3.63, 3.8) is 0 Å². The molecule has 4 nitrogen and oxygen atoms in total. The molecule has 1 rings (SSSR count). The van der Waals surface area contributed by atoms with Crippen LogP contribution in [-0.2, 0) is 0 Å². The van der Waals surface area contributed by atoms with E-state index < -0.39 is 11.9 Å². The Morgan fingerprint density at radius 1 is 1.21 bits per heavy atom. The van der Waals surface area contributed by atoms with Gasteiger partial charge < -0.3 is 10.2 Å². The maximum atomic E-state index is 10.8. The predicted octanol–water partition coefficient (Wildman–Crippen LogP) is 2.04. The highest BCUT2D eigenvalue weighted by Gasteiger charge is 2.19. The molecule has 0 saturated heterocycles. The molecule has 0 aliphatic carbocycles. The lowest BCUT2D eigenvalue weighted by Crippen LogP contribution is -2.10. The second kappa shape index (κ2) is 3.67. The lowest BCUT2D eigenvalue weighted by Gasteiger charge is -2.06. The average Bonchev–Trinajstić information content (AvgIpc) is 2.08. The summed E-state index contributed by atoms with van der Waals surface area (Å²) in [4.78, 5) is 21.5. The molecule has 0 atom stereocenters. The minimum Gasteiger partial charge on any atom is -0.478 e. The monoisotopic (exact) mass is 214 g/mol. The van der Waals surface area contributed by atoms with Crippen molar-refractivity contribution in [1.29, 1.82) is 0 Å². The van der Waals surface area contributed by atoms with E-state index in [0.717, 1.165) is 0 Å². The zero-order chi connectivity index (χ0) is 10.9. The summed E-state index contributed by atoms with van der Waals surface area (Å²) in [6.45, 7) is 1.47. The molecule has 0 bridgehead atoms. The number of carboxylic acids is 2. The topological polar surface area (TPSA) is 74.6 Å². The van der Waals surface area contributed by atoms with Crippen molar-refractivity contribution >= 4 is 23.5 Å². The van der Waals surface area contributed by atoms with Gasteiger partial charge in [0.1, 0.15) is 0 Å². The van der Waals surface area contributed by atoms with Crippen molar-refractivity contribution < 1.29 is 19.8 Å². The minimum atomic E-state index is -1.29. The first-order valence-corrected chi connectivity index (χ1v) is 4.08. The van der Waals surface area contributed by atoms with E-state index in [-0.39, 0.29) is 21.7 Å². The van der Waals surface area contributed by atoms with Gasteiger partial charge in [-0.3, -0.25) is 0 Å². The molecule has 5 heteroatoms. The largest absolute Gasteiger partial charge is 0.478 e. The van der Waals surface area contributed by atoms with Crippen molar-refractivity contribution in [2.45, 2.75) is 6.92 Å². The highest BCUT2D eigenvalue weighted by atomic mass is 35.5. The summed E-state index contributed by atoms with van der Waals surface area (Å²) in [5.74, 6) is -2.57. The van der Waals surface area contributed by atoms with Gasteiger partial charge in [-0.2, -0.15) is 0 Å². The minimum absolute atomic E-state index is 0.243. The lowest BCUT2D eigenvalue weighted by atomic mass is 10.0. The molecule has 0 fully saturated rings. The van der Waals surface area contributed by atoms with Gasteiger partial charge in [0.15, 0.2) is 0 Å². The summed E-state index contributed by atoms with van der Waals surface area (Å²) < 4.78 is 0. The zero-order valence-electron chi connectivity index (χ0n) is 7.24. The second-order valence-corrected chi connectivity index (χ2v) is 3.11. The molecule has 0 aromatic heterocycles. The Balaban J connectivity index is 3.53. The van der Waals surface area contributed by atoms with Crippen LogP contribution in [0.2, 0.25) is 5.02 Å². The first-order chi connectivity index (χ1) is 6.45. The Morgan fingerprint density at radius 3 is 2.21 bits per heavy atom. The third kappa shape index (κ3) is 1.70. The Kier molecular flexibility index (Phi) is 2.76. The van der Waals surface area contributed by atoms with E-state index in [1.807, 2.05) is 0 Å². The first kappa shape index (κ1) is 10.5. The molecule has 0 heterocycles. The zero-order valence-corrected chi connectivity index (χ0v) is 8.00. The van der Waals surface area contributed by atoms with Gasteiger partial charge in [-0.15, -0.1) is 0 Å². The molecule has 0 spiro atoms. The van der Waals surface area contributed by atoms with E-state index >= 15 is 0 Å². The van der Waals surface area contributed by atoms with Gasteiger partial charge in [-0.25, -0.2) is 9.59 Å². The van der Waals surface area contributed by atoms with Gasteiger partial charge in [0, 0.05) is 5.02 Å². The standard InChI is InChI=1S/C9H7ClO4/c1-4-6(10)3-2-5(8(11)12)7(4)9(13)14/h2-3H,1H3,(H,11,12)(H,13,14). The SMILES string of the molecule is Cc1c(Cl)ccc(C(=O)O)c1C(=O)O. The Morgan fingerprint density at radius 2 is 1.79 bits per heavy atom. The van der Waals surface area contributed by atoms with Gasteiger partial charge in [0.25, 0.3) is 0 Å². The van der Waals surface area contributed by atoms with E-state index in [4.69, 9.17) is 21.8 Å². The van der Waals surface area contributed by atoms with E-state index in [1.54, 1.807) is 0 Å². The van der Waals surface area contributed by atoms with Crippen LogP contribution in [0.1, 0.15) is 26.3 Å². The van der Waals surface area contributed by atoms with Crippen LogP contribution in [-0.4, -0.2) is 22.2 Å². The van der Waals surface area contributed by atoms with Crippen LogP contribution in [0.5, 0.6) is 0 Å². The molecule has 0 aliphatic heterocycles. The van der Waals surface area contributed by atoms with E-state index in [0.29, 0.717) is 0 Å². The quantitative estimate of drug-likeness (QED) is 0.790. The molecule has 0 aliphatic rings. The van der Waals surface area contributed by atoms with Crippen molar-refractivity contribution in [2.24, 2.45) is 0 Å². The van der Waals surface area contributed by atoms with Gasteiger partial charge in [0.05, 0.1) is 11.1 Å². The van der Waals surface area contributed by atoms with Crippen LogP contribution in [0.15, 0.2) is 12.1 Å². The maximum absolute atomic E-state index is 10.8. The fourth-order valence-electron chi connectivity index (χ4n) is 1.14. The third-order valence-electron chi connectivity index (χ3n) is 1.84. The van der Waals surface area contributed by atoms with Gasteiger partial charge >= 0.3 is 11.9 Å². The Hall–Kier alpha value is -1.55. The molecule has 0 radical (unpaired) electrons. The highest BCUT2D eigenvalue weighted by Crippen LogP contribution is 2.22. The fraction of sp³-hybridized carbons (Fsp3) is 0.111. The molecular weight excluding hydrogens is 208 g/mol. The Bertz CT molecular complexity index is 412. The van der Waals surface area contributed by atoms with Crippen LogP contribution in [0.25, 0.3) is 0 Å². The smallest absolute Gasteiger partial charge is 0.336 e. The van der Waals surface area contributed by atoms with Gasteiger partial charge in [-0.1, -0.05) is 11.6 Å². The lowest BCUT2D eigenvalue weighted by molar-refractivity contribution is 0.0651. The average molecular weight is 215 g/mol. The van der Waals surface area contributed by atoms with Crippen LogP contribution in [0.4, 0.5) is 0 Å². The molecule has 1 aromatic rings. The summed E-state index contributed by atoms with van der Waals surface area (Å²) in [7, 11) is 0. The van der Waals surface area contributed by atoms with Crippen molar-refractivity contribution in [1.82, 2.24) is 0 Å². The molecule has 14 heavy (non-hydrogen) atoms. The number of halogens is 1. The van der Waals surface area contributed by atoms with Crippen molar-refractivity contribution in [3.05, 3.63) is 33.8 Å². The molecule has 2 N–H and O–H groups in total. The van der Waals surface area contributed by atoms with E-state index in [2.05, 4.69) is 0 Å². The molecule has 1 aromatic carbocycles. The molecule has 0 saturated carbocycles. The van der Waals surface area contributed by atoms with Gasteiger partial charge in [0.2, 0.25) is 0 Å². The number of aromatic carboxylic acids is 2. The summed E-state index contributed by atoms with van der Waals surface area (Å²) in [6, 6.07) is 2.55. The number of carboxylic acid groups (broad SMARTS) is 2. The molecule has 74 valence electrons. The normalized spacial score (nSPS) is 9.86. The number of hydrogen-bond acceptors (Lipinski definition) is 2. The van der Waals surface area contributed by atoms with E-state index in [9.17, 15) is 9.59 Å². The number of rotatable bonds is 2. The van der Waals surface area contributed by atoms with Crippen LogP contribution >= 0.6 is 11.6 Å². The first-order valence-electron chi connectivity index (χ1n) is 3.71. The number of benzene rings is 1.